The summed E-state index contributed by atoms with van der Waals surface area (Å²) in [7, 11) is 4.04. The van der Waals surface area contributed by atoms with Gasteiger partial charge in [0.15, 0.2) is 0 Å². The van der Waals surface area contributed by atoms with Crippen molar-refractivity contribution in [2.45, 2.75) is 47.5 Å². The monoisotopic (exact) mass is 243 g/mol. The predicted molar refractivity (Wildman–Crippen MR) is 72.0 cm³/mol. The highest BCUT2D eigenvalue weighted by Gasteiger charge is 2.43. The zero-order valence-corrected chi connectivity index (χ0v) is 12.6. The van der Waals surface area contributed by atoms with E-state index in [1.54, 1.807) is 0 Å². The summed E-state index contributed by atoms with van der Waals surface area (Å²) in [4.78, 5) is 14.2. The molecule has 1 unspecified atom stereocenters. The molecule has 0 aliphatic rings. The van der Waals surface area contributed by atoms with Gasteiger partial charge in [-0.05, 0) is 39.3 Å². The van der Waals surface area contributed by atoms with Gasteiger partial charge >= 0.3 is 5.97 Å². The fraction of sp³-hybridized carbons (Fsp3) is 0.929. The van der Waals surface area contributed by atoms with E-state index in [-0.39, 0.29) is 11.4 Å². The van der Waals surface area contributed by atoms with Crippen molar-refractivity contribution in [3.63, 3.8) is 0 Å². The van der Waals surface area contributed by atoms with Crippen LogP contribution in [0.3, 0.4) is 0 Å². The van der Waals surface area contributed by atoms with Gasteiger partial charge in [-0.25, -0.2) is 0 Å². The normalized spacial score (nSPS) is 15.8. The zero-order chi connectivity index (χ0) is 13.7. The summed E-state index contributed by atoms with van der Waals surface area (Å²) in [5, 5.41) is 0. The molecule has 102 valence electrons. The molecule has 3 heteroatoms. The third-order valence-electron chi connectivity index (χ3n) is 3.80. The number of hydrogen-bond acceptors (Lipinski definition) is 3. The van der Waals surface area contributed by atoms with Crippen LogP contribution in [-0.4, -0.2) is 38.1 Å². The van der Waals surface area contributed by atoms with Crippen molar-refractivity contribution in [2.24, 2.45) is 10.8 Å². The molecule has 0 rings (SSSR count). The van der Waals surface area contributed by atoms with Crippen molar-refractivity contribution in [2.75, 3.05) is 27.2 Å². The lowest BCUT2D eigenvalue weighted by atomic mass is 9.66. The maximum atomic E-state index is 12.2. The van der Waals surface area contributed by atoms with E-state index in [0.29, 0.717) is 6.61 Å². The molecule has 0 bridgehead atoms. The molecule has 1 atom stereocenters. The third kappa shape index (κ3) is 4.66. The molecule has 0 heterocycles. The summed E-state index contributed by atoms with van der Waals surface area (Å²) in [5.41, 5.74) is -0.467. The Kier molecular flexibility index (Phi) is 6.17. The smallest absolute Gasteiger partial charge is 0.312 e. The van der Waals surface area contributed by atoms with Crippen LogP contribution in [0.25, 0.3) is 0 Å². The second-order valence-corrected chi connectivity index (χ2v) is 6.23. The lowest BCUT2D eigenvalue weighted by molar-refractivity contribution is -0.162. The van der Waals surface area contributed by atoms with Crippen LogP contribution < -0.4 is 0 Å². The standard InChI is InChI=1S/C14H29NO2/c1-8-14(5,13(2,3)4)12(16)17-11-9-10-15(6)7/h8-11H2,1-7H3. The van der Waals surface area contributed by atoms with Gasteiger partial charge in [0.25, 0.3) is 0 Å². The molecular weight excluding hydrogens is 214 g/mol. The van der Waals surface area contributed by atoms with Crippen molar-refractivity contribution in [3.8, 4) is 0 Å². The van der Waals surface area contributed by atoms with Crippen LogP contribution in [0.2, 0.25) is 0 Å². The van der Waals surface area contributed by atoms with Crippen LogP contribution in [0.1, 0.15) is 47.5 Å². The number of carbonyl (C=O) groups is 1. The molecule has 0 radical (unpaired) electrons. The van der Waals surface area contributed by atoms with Crippen molar-refractivity contribution in [1.29, 1.82) is 0 Å². The first kappa shape index (κ1) is 16.4. The summed E-state index contributed by atoms with van der Waals surface area (Å²) in [6, 6.07) is 0. The van der Waals surface area contributed by atoms with Crippen molar-refractivity contribution in [1.82, 2.24) is 4.90 Å². The van der Waals surface area contributed by atoms with Crippen LogP contribution in [0, 0.1) is 10.8 Å². The number of rotatable bonds is 6. The molecule has 0 aromatic heterocycles. The summed E-state index contributed by atoms with van der Waals surface area (Å²) < 4.78 is 5.41. The van der Waals surface area contributed by atoms with E-state index in [2.05, 4.69) is 25.7 Å². The molecule has 17 heavy (non-hydrogen) atoms. The van der Waals surface area contributed by atoms with Crippen LogP contribution in [0.4, 0.5) is 0 Å². The molecule has 0 spiro atoms. The van der Waals surface area contributed by atoms with E-state index in [1.165, 1.54) is 0 Å². The second kappa shape index (κ2) is 6.39. The van der Waals surface area contributed by atoms with Gasteiger partial charge in [0.05, 0.1) is 12.0 Å². The molecule has 3 nitrogen and oxygen atoms in total. The fourth-order valence-corrected chi connectivity index (χ4v) is 1.69. The van der Waals surface area contributed by atoms with Crippen LogP contribution in [0.5, 0.6) is 0 Å². The Bertz CT molecular complexity index is 243. The molecule has 0 aliphatic heterocycles. The highest BCUT2D eigenvalue weighted by molar-refractivity contribution is 5.77. The molecule has 0 N–H and O–H groups in total. The third-order valence-corrected chi connectivity index (χ3v) is 3.80. The summed E-state index contributed by atoms with van der Waals surface area (Å²) in [6.45, 7) is 11.8. The van der Waals surface area contributed by atoms with Gasteiger partial charge < -0.3 is 9.64 Å². The number of hydrogen-bond donors (Lipinski definition) is 0. The Morgan fingerprint density at radius 2 is 1.71 bits per heavy atom. The zero-order valence-electron chi connectivity index (χ0n) is 12.6. The molecule has 0 saturated carbocycles. The summed E-state index contributed by atoms with van der Waals surface area (Å²) in [6.07, 6.45) is 1.70. The molecular formula is C14H29NO2. The Hall–Kier alpha value is -0.570. The molecule has 0 aromatic rings. The van der Waals surface area contributed by atoms with E-state index in [1.807, 2.05) is 27.9 Å². The predicted octanol–water partition coefficient (Wildman–Crippen LogP) is 2.94. The molecule has 0 amide bonds. The largest absolute Gasteiger partial charge is 0.465 e. The van der Waals surface area contributed by atoms with E-state index in [0.717, 1.165) is 19.4 Å². The average Bonchev–Trinajstić information content (AvgIpc) is 2.20. The minimum Gasteiger partial charge on any atom is -0.465 e. The van der Waals surface area contributed by atoms with Gasteiger partial charge in [0, 0.05) is 6.54 Å². The van der Waals surface area contributed by atoms with Crippen molar-refractivity contribution in [3.05, 3.63) is 0 Å². The number of ether oxygens (including phenoxy) is 1. The first-order valence-corrected chi connectivity index (χ1v) is 6.47. The minimum atomic E-state index is -0.398. The molecule has 0 fully saturated rings. The molecule has 0 saturated heterocycles. The van der Waals surface area contributed by atoms with Gasteiger partial charge in [0.1, 0.15) is 0 Å². The topological polar surface area (TPSA) is 29.5 Å². The fourth-order valence-electron chi connectivity index (χ4n) is 1.69. The van der Waals surface area contributed by atoms with Crippen molar-refractivity contribution < 1.29 is 9.53 Å². The SMILES string of the molecule is CCC(C)(C(=O)OCCCN(C)C)C(C)(C)C. The van der Waals surface area contributed by atoms with E-state index >= 15 is 0 Å². The van der Waals surface area contributed by atoms with E-state index < -0.39 is 5.41 Å². The van der Waals surface area contributed by atoms with Gasteiger partial charge in [-0.3, -0.25) is 4.79 Å². The van der Waals surface area contributed by atoms with Crippen molar-refractivity contribution >= 4 is 5.97 Å². The summed E-state index contributed by atoms with van der Waals surface area (Å²) >= 11 is 0. The maximum Gasteiger partial charge on any atom is 0.312 e. The molecule has 0 aliphatic carbocycles. The lowest BCUT2D eigenvalue weighted by Crippen LogP contribution is -2.41. The number of nitrogens with zero attached hydrogens (tertiary/aromatic N) is 1. The van der Waals surface area contributed by atoms with Crippen LogP contribution >= 0.6 is 0 Å². The Morgan fingerprint density at radius 1 is 1.18 bits per heavy atom. The average molecular weight is 243 g/mol. The first-order valence-electron chi connectivity index (χ1n) is 6.47. The van der Waals surface area contributed by atoms with Gasteiger partial charge in [-0.1, -0.05) is 27.7 Å². The maximum absolute atomic E-state index is 12.2. The van der Waals surface area contributed by atoms with E-state index in [4.69, 9.17) is 4.74 Å². The molecule has 0 aromatic carbocycles. The Balaban J connectivity index is 4.29. The highest BCUT2D eigenvalue weighted by Crippen LogP contribution is 2.42. The van der Waals surface area contributed by atoms with Crippen LogP contribution in [-0.2, 0) is 9.53 Å². The number of esters is 1. The first-order chi connectivity index (χ1) is 7.65. The van der Waals surface area contributed by atoms with Gasteiger partial charge in [-0.15, -0.1) is 0 Å². The van der Waals surface area contributed by atoms with E-state index in [9.17, 15) is 4.79 Å². The summed E-state index contributed by atoms with van der Waals surface area (Å²) in [5.74, 6) is -0.0637. The van der Waals surface area contributed by atoms with Gasteiger partial charge in [-0.2, -0.15) is 0 Å². The Labute approximate surface area is 107 Å². The van der Waals surface area contributed by atoms with Gasteiger partial charge in [0.2, 0.25) is 0 Å². The Morgan fingerprint density at radius 3 is 2.06 bits per heavy atom. The lowest BCUT2D eigenvalue weighted by Gasteiger charge is -2.38. The van der Waals surface area contributed by atoms with Crippen LogP contribution in [0.15, 0.2) is 0 Å². The highest BCUT2D eigenvalue weighted by atomic mass is 16.5. The minimum absolute atomic E-state index is 0.0637. The number of carbonyl (C=O) groups excluding carboxylic acids is 1. The second-order valence-electron chi connectivity index (χ2n) is 6.23. The quantitative estimate of drug-likeness (QED) is 0.530.